The molecule has 5 heteroatoms. The summed E-state index contributed by atoms with van der Waals surface area (Å²) in [5.74, 6) is -0.404. The van der Waals surface area contributed by atoms with Crippen molar-refractivity contribution in [3.63, 3.8) is 0 Å². The predicted molar refractivity (Wildman–Crippen MR) is 81.1 cm³/mol. The molecule has 0 aliphatic carbocycles. The Morgan fingerprint density at radius 3 is 2.41 bits per heavy atom. The highest BCUT2D eigenvalue weighted by Crippen LogP contribution is 2.26. The lowest BCUT2D eigenvalue weighted by Crippen LogP contribution is -2.12. The van der Waals surface area contributed by atoms with Crippen LogP contribution in [0.5, 0.6) is 0 Å². The summed E-state index contributed by atoms with van der Waals surface area (Å²) >= 11 is 0. The largest absolute Gasteiger partial charge is 0.449 e. The minimum Gasteiger partial charge on any atom is -0.449 e. The van der Waals surface area contributed by atoms with E-state index in [-0.39, 0.29) is 0 Å². The smallest absolute Gasteiger partial charge is 0.342 e. The van der Waals surface area contributed by atoms with Gasteiger partial charge in [0.05, 0.1) is 11.8 Å². The Bertz CT molecular complexity index is 714. The van der Waals surface area contributed by atoms with Crippen LogP contribution in [-0.4, -0.2) is 20.7 Å². The highest BCUT2D eigenvalue weighted by molar-refractivity contribution is 5.89. The van der Waals surface area contributed by atoms with Crippen LogP contribution in [0.25, 0.3) is 0 Å². The van der Waals surface area contributed by atoms with Gasteiger partial charge in [-0.1, -0.05) is 30.3 Å². The summed E-state index contributed by atoms with van der Waals surface area (Å²) in [5.41, 5.74) is 2.21. The number of rotatable bonds is 4. The molecule has 1 aromatic carbocycles. The Kier molecular flexibility index (Phi) is 3.96. The SMILES string of the molecule is Cn1cc(C(=O)O[C@H](c2ccccc2)c2ccncc2)cn1. The summed E-state index contributed by atoms with van der Waals surface area (Å²) in [6.45, 7) is 0. The zero-order chi connectivity index (χ0) is 15.4. The molecule has 0 amide bonds. The van der Waals surface area contributed by atoms with Crippen LogP contribution in [0, 0.1) is 0 Å². The minimum absolute atomic E-state index is 0.404. The van der Waals surface area contributed by atoms with Crippen LogP contribution in [-0.2, 0) is 11.8 Å². The summed E-state index contributed by atoms with van der Waals surface area (Å²) < 4.78 is 7.27. The summed E-state index contributed by atoms with van der Waals surface area (Å²) in [6, 6.07) is 13.3. The van der Waals surface area contributed by atoms with Crippen LogP contribution in [0.15, 0.2) is 67.3 Å². The van der Waals surface area contributed by atoms with Gasteiger partial charge in [-0.2, -0.15) is 5.10 Å². The first-order valence-electron chi connectivity index (χ1n) is 6.88. The van der Waals surface area contributed by atoms with E-state index in [0.29, 0.717) is 5.56 Å². The number of pyridine rings is 1. The molecule has 22 heavy (non-hydrogen) atoms. The Morgan fingerprint density at radius 2 is 1.77 bits per heavy atom. The molecule has 0 spiro atoms. The zero-order valence-corrected chi connectivity index (χ0v) is 12.1. The number of ether oxygens (including phenoxy) is 1. The van der Waals surface area contributed by atoms with Crippen LogP contribution in [0.1, 0.15) is 27.6 Å². The molecular formula is C17H15N3O2. The second-order valence-electron chi connectivity index (χ2n) is 4.88. The highest BCUT2D eigenvalue weighted by Gasteiger charge is 2.20. The molecule has 1 atom stereocenters. The van der Waals surface area contributed by atoms with Gasteiger partial charge in [0.2, 0.25) is 0 Å². The van der Waals surface area contributed by atoms with Gasteiger partial charge in [-0.25, -0.2) is 4.79 Å². The van der Waals surface area contributed by atoms with Gasteiger partial charge in [-0.15, -0.1) is 0 Å². The van der Waals surface area contributed by atoms with Crippen molar-refractivity contribution >= 4 is 5.97 Å². The molecule has 0 aliphatic rings. The molecule has 2 heterocycles. The number of aromatic nitrogens is 3. The third-order valence-electron chi connectivity index (χ3n) is 3.28. The molecule has 110 valence electrons. The van der Waals surface area contributed by atoms with E-state index in [2.05, 4.69) is 10.1 Å². The first-order chi connectivity index (χ1) is 10.7. The van der Waals surface area contributed by atoms with Gasteiger partial charge in [0, 0.05) is 31.2 Å². The molecule has 0 aliphatic heterocycles. The molecule has 0 radical (unpaired) electrons. The second-order valence-corrected chi connectivity index (χ2v) is 4.88. The lowest BCUT2D eigenvalue weighted by Gasteiger charge is -2.18. The van der Waals surface area contributed by atoms with E-state index >= 15 is 0 Å². The molecular weight excluding hydrogens is 278 g/mol. The Hall–Kier alpha value is -2.95. The van der Waals surface area contributed by atoms with Crippen molar-refractivity contribution < 1.29 is 9.53 Å². The minimum atomic E-state index is -0.475. The van der Waals surface area contributed by atoms with Crippen LogP contribution in [0.2, 0.25) is 0 Å². The fraction of sp³-hybridized carbons (Fsp3) is 0.118. The van der Waals surface area contributed by atoms with Crippen molar-refractivity contribution in [3.8, 4) is 0 Å². The lowest BCUT2D eigenvalue weighted by molar-refractivity contribution is 0.0378. The molecule has 0 fully saturated rings. The van der Waals surface area contributed by atoms with Crippen LogP contribution in [0.4, 0.5) is 0 Å². The summed E-state index contributed by atoms with van der Waals surface area (Å²) in [5, 5.41) is 4.00. The second kappa shape index (κ2) is 6.22. The van der Waals surface area contributed by atoms with E-state index in [1.165, 1.54) is 6.20 Å². The van der Waals surface area contributed by atoms with Crippen LogP contribution >= 0.6 is 0 Å². The predicted octanol–water partition coefficient (Wildman–Crippen LogP) is 2.76. The van der Waals surface area contributed by atoms with E-state index in [1.807, 2.05) is 42.5 Å². The third kappa shape index (κ3) is 3.03. The molecule has 2 aromatic heterocycles. The average molecular weight is 293 g/mol. The topological polar surface area (TPSA) is 57.0 Å². The quantitative estimate of drug-likeness (QED) is 0.694. The summed E-state index contributed by atoms with van der Waals surface area (Å²) in [6.07, 6.45) is 6.03. The third-order valence-corrected chi connectivity index (χ3v) is 3.28. The van der Waals surface area contributed by atoms with E-state index in [9.17, 15) is 4.79 Å². The number of esters is 1. The van der Waals surface area contributed by atoms with Gasteiger partial charge < -0.3 is 4.74 Å². The van der Waals surface area contributed by atoms with Gasteiger partial charge >= 0.3 is 5.97 Å². The zero-order valence-electron chi connectivity index (χ0n) is 12.1. The van der Waals surface area contributed by atoms with Gasteiger partial charge in [-0.05, 0) is 17.7 Å². The van der Waals surface area contributed by atoms with Crippen molar-refractivity contribution in [1.82, 2.24) is 14.8 Å². The monoisotopic (exact) mass is 293 g/mol. The average Bonchev–Trinajstić information content (AvgIpc) is 3.01. The molecule has 0 saturated carbocycles. The number of hydrogen-bond donors (Lipinski definition) is 0. The molecule has 0 saturated heterocycles. The summed E-state index contributed by atoms with van der Waals surface area (Å²) in [4.78, 5) is 16.3. The van der Waals surface area contributed by atoms with Crippen LogP contribution in [0.3, 0.4) is 0 Å². The number of hydrogen-bond acceptors (Lipinski definition) is 4. The molecule has 5 nitrogen and oxygen atoms in total. The number of nitrogens with zero attached hydrogens (tertiary/aromatic N) is 3. The van der Waals surface area contributed by atoms with E-state index < -0.39 is 12.1 Å². The molecule has 3 aromatic rings. The maximum Gasteiger partial charge on any atom is 0.342 e. The van der Waals surface area contributed by atoms with Crippen molar-refractivity contribution in [2.75, 3.05) is 0 Å². The Labute approximate surface area is 128 Å². The lowest BCUT2D eigenvalue weighted by atomic mass is 10.0. The number of carbonyl (C=O) groups excluding carboxylic acids is 1. The number of benzene rings is 1. The van der Waals surface area contributed by atoms with E-state index in [0.717, 1.165) is 11.1 Å². The van der Waals surface area contributed by atoms with Crippen LogP contribution < -0.4 is 0 Å². The van der Waals surface area contributed by atoms with Crippen molar-refractivity contribution in [1.29, 1.82) is 0 Å². The van der Waals surface area contributed by atoms with Crippen molar-refractivity contribution in [2.45, 2.75) is 6.10 Å². The standard InChI is InChI=1S/C17H15N3O2/c1-20-12-15(11-19-20)17(21)22-16(13-5-3-2-4-6-13)14-7-9-18-10-8-14/h2-12,16H,1H3/t16-/m1/s1. The molecule has 0 N–H and O–H groups in total. The van der Waals surface area contributed by atoms with Gasteiger partial charge in [0.1, 0.15) is 0 Å². The van der Waals surface area contributed by atoms with Gasteiger partial charge in [-0.3, -0.25) is 9.67 Å². The Morgan fingerprint density at radius 1 is 1.09 bits per heavy atom. The van der Waals surface area contributed by atoms with Gasteiger partial charge in [0.25, 0.3) is 0 Å². The first kappa shape index (κ1) is 14.0. The van der Waals surface area contributed by atoms with Crippen molar-refractivity contribution in [2.24, 2.45) is 7.05 Å². The maximum absolute atomic E-state index is 12.3. The fourth-order valence-electron chi connectivity index (χ4n) is 2.20. The number of carbonyl (C=O) groups is 1. The first-order valence-corrected chi connectivity index (χ1v) is 6.88. The maximum atomic E-state index is 12.3. The molecule has 0 unspecified atom stereocenters. The fourth-order valence-corrected chi connectivity index (χ4v) is 2.20. The van der Waals surface area contributed by atoms with Crippen molar-refractivity contribution in [3.05, 3.63) is 83.9 Å². The van der Waals surface area contributed by atoms with Gasteiger partial charge in [0.15, 0.2) is 6.10 Å². The molecule has 0 bridgehead atoms. The summed E-state index contributed by atoms with van der Waals surface area (Å²) in [7, 11) is 1.76. The number of aryl methyl sites for hydroxylation is 1. The Balaban J connectivity index is 1.91. The molecule has 3 rings (SSSR count). The normalized spacial score (nSPS) is 11.9. The van der Waals surface area contributed by atoms with E-state index in [4.69, 9.17) is 4.74 Å². The van der Waals surface area contributed by atoms with E-state index in [1.54, 1.807) is 30.3 Å². The highest BCUT2D eigenvalue weighted by atomic mass is 16.5.